The fraction of sp³-hybridized carbons (Fsp3) is 0.700. The molecule has 1 heterocycles. The van der Waals surface area contributed by atoms with E-state index in [2.05, 4.69) is 10.6 Å². The van der Waals surface area contributed by atoms with E-state index in [9.17, 15) is 14.4 Å². The lowest BCUT2D eigenvalue weighted by Gasteiger charge is -2.32. The first-order valence-electron chi connectivity index (χ1n) is 5.35. The molecule has 0 aromatic carbocycles. The molecule has 0 aromatic rings. The Morgan fingerprint density at radius 3 is 2.38 bits per heavy atom. The van der Waals surface area contributed by atoms with Gasteiger partial charge in [0.15, 0.2) is 0 Å². The smallest absolute Gasteiger partial charge is 0.325 e. The van der Waals surface area contributed by atoms with E-state index in [0.717, 1.165) is 0 Å². The lowest BCUT2D eigenvalue weighted by molar-refractivity contribution is -0.128. The van der Waals surface area contributed by atoms with Crippen molar-refractivity contribution in [3.63, 3.8) is 0 Å². The highest BCUT2D eigenvalue weighted by atomic mass is 16.2. The Morgan fingerprint density at radius 2 is 1.94 bits per heavy atom. The molecule has 1 saturated heterocycles. The van der Waals surface area contributed by atoms with Gasteiger partial charge >= 0.3 is 6.03 Å². The summed E-state index contributed by atoms with van der Waals surface area (Å²) in [4.78, 5) is 35.9. The number of nitrogens with zero attached hydrogens (tertiary/aromatic N) is 1. The van der Waals surface area contributed by atoms with Gasteiger partial charge in [0.1, 0.15) is 12.1 Å². The quantitative estimate of drug-likeness (QED) is 0.655. The molecule has 1 fully saturated rings. The van der Waals surface area contributed by atoms with E-state index < -0.39 is 11.6 Å². The van der Waals surface area contributed by atoms with E-state index in [1.54, 1.807) is 0 Å². The second-order valence-electron chi connectivity index (χ2n) is 3.76. The Kier molecular flexibility index (Phi) is 3.51. The van der Waals surface area contributed by atoms with Crippen molar-refractivity contribution in [1.82, 2.24) is 15.5 Å². The van der Waals surface area contributed by atoms with Gasteiger partial charge in [-0.3, -0.25) is 14.9 Å². The summed E-state index contributed by atoms with van der Waals surface area (Å²) in [6.45, 7) is 3.58. The zero-order valence-electron chi connectivity index (χ0n) is 9.79. The molecule has 0 unspecified atom stereocenters. The fourth-order valence-corrected chi connectivity index (χ4v) is 2.00. The molecule has 16 heavy (non-hydrogen) atoms. The lowest BCUT2D eigenvalue weighted by Crippen LogP contribution is -2.51. The van der Waals surface area contributed by atoms with Crippen molar-refractivity contribution in [3.05, 3.63) is 0 Å². The van der Waals surface area contributed by atoms with Crippen LogP contribution in [0.1, 0.15) is 26.7 Å². The van der Waals surface area contributed by atoms with Gasteiger partial charge in [-0.25, -0.2) is 4.79 Å². The molecule has 2 N–H and O–H groups in total. The highest BCUT2D eigenvalue weighted by Gasteiger charge is 2.50. The fourth-order valence-electron chi connectivity index (χ4n) is 2.00. The van der Waals surface area contributed by atoms with Crippen LogP contribution in [0.5, 0.6) is 0 Å². The predicted molar refractivity (Wildman–Crippen MR) is 57.6 cm³/mol. The van der Waals surface area contributed by atoms with Crippen molar-refractivity contribution >= 4 is 17.8 Å². The summed E-state index contributed by atoms with van der Waals surface area (Å²) < 4.78 is 0. The van der Waals surface area contributed by atoms with Crippen molar-refractivity contribution in [1.29, 1.82) is 0 Å². The monoisotopic (exact) mass is 227 g/mol. The van der Waals surface area contributed by atoms with Crippen LogP contribution in [0.3, 0.4) is 0 Å². The highest BCUT2D eigenvalue weighted by molar-refractivity contribution is 6.08. The number of carbonyl (C=O) groups is 3. The zero-order valence-corrected chi connectivity index (χ0v) is 9.79. The molecule has 4 amide bonds. The highest BCUT2D eigenvalue weighted by Crippen LogP contribution is 2.28. The van der Waals surface area contributed by atoms with Crippen molar-refractivity contribution in [2.45, 2.75) is 32.2 Å². The topological polar surface area (TPSA) is 78.5 Å². The maximum Gasteiger partial charge on any atom is 0.325 e. The molecule has 1 rings (SSSR count). The van der Waals surface area contributed by atoms with Gasteiger partial charge in [-0.15, -0.1) is 0 Å². The van der Waals surface area contributed by atoms with Crippen LogP contribution in [0.25, 0.3) is 0 Å². The second-order valence-corrected chi connectivity index (χ2v) is 3.76. The van der Waals surface area contributed by atoms with E-state index >= 15 is 0 Å². The van der Waals surface area contributed by atoms with Crippen LogP contribution < -0.4 is 10.6 Å². The Balaban J connectivity index is 2.98. The van der Waals surface area contributed by atoms with E-state index in [-0.39, 0.29) is 18.4 Å². The number of hydrogen-bond acceptors (Lipinski definition) is 3. The number of hydrogen-bond donors (Lipinski definition) is 2. The molecule has 0 aromatic heterocycles. The third-order valence-corrected chi connectivity index (χ3v) is 3.16. The number of urea groups is 1. The van der Waals surface area contributed by atoms with Gasteiger partial charge in [0.2, 0.25) is 5.91 Å². The molecule has 0 aliphatic carbocycles. The summed E-state index contributed by atoms with van der Waals surface area (Å²) in [6, 6.07) is -0.489. The van der Waals surface area contributed by atoms with Gasteiger partial charge < -0.3 is 10.2 Å². The van der Waals surface area contributed by atoms with Crippen molar-refractivity contribution in [3.8, 4) is 0 Å². The molecule has 0 bridgehead atoms. The van der Waals surface area contributed by atoms with Crippen molar-refractivity contribution in [2.75, 3.05) is 13.6 Å². The number of imide groups is 1. The first-order chi connectivity index (χ1) is 7.51. The normalized spacial score (nSPS) is 18.6. The second kappa shape index (κ2) is 4.51. The van der Waals surface area contributed by atoms with Gasteiger partial charge in [0.25, 0.3) is 5.91 Å². The summed E-state index contributed by atoms with van der Waals surface area (Å²) in [5.74, 6) is -0.595. The van der Waals surface area contributed by atoms with Gasteiger partial charge in [0, 0.05) is 7.05 Å². The predicted octanol–water partition coefficient (Wildman–Crippen LogP) is -0.157. The minimum absolute atomic E-state index is 0.0875. The molecule has 0 spiro atoms. The van der Waals surface area contributed by atoms with Crippen LogP contribution in [0.15, 0.2) is 0 Å². The van der Waals surface area contributed by atoms with Crippen LogP contribution in [0.4, 0.5) is 4.79 Å². The third kappa shape index (κ3) is 1.75. The van der Waals surface area contributed by atoms with E-state index in [1.165, 1.54) is 11.9 Å². The van der Waals surface area contributed by atoms with E-state index in [4.69, 9.17) is 0 Å². The molecule has 0 radical (unpaired) electrons. The van der Waals surface area contributed by atoms with Crippen LogP contribution in [0.2, 0.25) is 0 Å². The number of carbonyl (C=O) groups excluding carboxylic acids is 3. The Bertz CT molecular complexity index is 323. The molecule has 0 saturated carbocycles. The number of nitrogens with one attached hydrogen (secondary N) is 2. The lowest BCUT2D eigenvalue weighted by atomic mass is 9.91. The SMILES string of the molecule is CCC1(CC)C(=O)NC(=O)N1CC(=O)NC. The molecular weight excluding hydrogens is 210 g/mol. The van der Waals surface area contributed by atoms with Crippen molar-refractivity contribution < 1.29 is 14.4 Å². The summed E-state index contributed by atoms with van der Waals surface area (Å²) in [6.07, 6.45) is 0.996. The van der Waals surface area contributed by atoms with E-state index in [1.807, 2.05) is 13.8 Å². The number of amides is 4. The summed E-state index contributed by atoms with van der Waals surface area (Å²) in [7, 11) is 1.50. The minimum Gasteiger partial charge on any atom is -0.358 e. The first kappa shape index (κ1) is 12.5. The van der Waals surface area contributed by atoms with Crippen LogP contribution in [-0.4, -0.2) is 41.9 Å². The van der Waals surface area contributed by atoms with Crippen molar-refractivity contribution in [2.24, 2.45) is 0 Å². The van der Waals surface area contributed by atoms with Crippen LogP contribution in [-0.2, 0) is 9.59 Å². The summed E-state index contributed by atoms with van der Waals surface area (Å²) in [5.41, 5.74) is -0.871. The molecule has 90 valence electrons. The van der Waals surface area contributed by atoms with Crippen LogP contribution in [0, 0.1) is 0 Å². The first-order valence-corrected chi connectivity index (χ1v) is 5.35. The number of likely N-dealkylation sites (N-methyl/N-ethyl adjacent to an activating group) is 1. The molecule has 0 atom stereocenters. The van der Waals surface area contributed by atoms with Gasteiger partial charge in [0.05, 0.1) is 0 Å². The zero-order chi connectivity index (χ0) is 12.3. The average molecular weight is 227 g/mol. The number of rotatable bonds is 4. The summed E-state index contributed by atoms with van der Waals surface area (Å²) >= 11 is 0. The standard InChI is InChI=1S/C10H17N3O3/c1-4-10(5-2)8(15)12-9(16)13(10)6-7(14)11-3/h4-6H2,1-3H3,(H,11,14)(H,12,15,16). The van der Waals surface area contributed by atoms with Crippen LogP contribution >= 0.6 is 0 Å². The molecule has 6 heteroatoms. The minimum atomic E-state index is -0.871. The maximum atomic E-state index is 11.7. The average Bonchev–Trinajstić information content (AvgIpc) is 2.51. The van der Waals surface area contributed by atoms with Gasteiger partial charge in [-0.1, -0.05) is 13.8 Å². The Morgan fingerprint density at radius 1 is 1.38 bits per heavy atom. The van der Waals surface area contributed by atoms with Gasteiger partial charge in [-0.2, -0.15) is 0 Å². The third-order valence-electron chi connectivity index (χ3n) is 3.16. The summed E-state index contributed by atoms with van der Waals surface area (Å²) in [5, 5.41) is 4.70. The largest absolute Gasteiger partial charge is 0.358 e. The molecule has 6 nitrogen and oxygen atoms in total. The molecule has 1 aliphatic heterocycles. The van der Waals surface area contributed by atoms with Gasteiger partial charge in [-0.05, 0) is 12.8 Å². The van der Waals surface area contributed by atoms with E-state index in [0.29, 0.717) is 12.8 Å². The molecule has 1 aliphatic rings. The maximum absolute atomic E-state index is 11.7. The Labute approximate surface area is 94.4 Å². The Hall–Kier alpha value is -1.59. The molecular formula is C10H17N3O3.